The zero-order valence-corrected chi connectivity index (χ0v) is 19.7. The molecule has 3 rings (SSSR count). The van der Waals surface area contributed by atoms with Crippen molar-refractivity contribution in [2.24, 2.45) is 17.6 Å². The molecule has 0 aromatic rings. The average molecular weight is 448 g/mol. The zero-order valence-electron chi connectivity index (χ0n) is 19.7. The lowest BCUT2D eigenvalue weighted by atomic mass is 10.0. The highest BCUT2D eigenvalue weighted by Gasteiger charge is 2.42. The molecule has 7 nitrogen and oxygen atoms in total. The Kier molecular flexibility index (Phi) is 9.57. The lowest BCUT2D eigenvalue weighted by Gasteiger charge is -2.37. The molecule has 0 spiro atoms. The smallest absolute Gasteiger partial charge is 0.309 e. The number of hydrogen-bond donors (Lipinski definition) is 1. The summed E-state index contributed by atoms with van der Waals surface area (Å²) in [6, 6.07) is -0.552. The van der Waals surface area contributed by atoms with E-state index in [9.17, 15) is 14.4 Å². The quantitative estimate of drug-likeness (QED) is 0.282. The molecule has 7 heteroatoms. The number of primary amides is 1. The van der Waals surface area contributed by atoms with Gasteiger partial charge in [0.05, 0.1) is 18.6 Å². The predicted octanol–water partition coefficient (Wildman–Crippen LogP) is 3.02. The Morgan fingerprint density at radius 1 is 1.06 bits per heavy atom. The summed E-state index contributed by atoms with van der Waals surface area (Å²) in [7, 11) is 0. The molecule has 0 aromatic carbocycles. The van der Waals surface area contributed by atoms with Crippen molar-refractivity contribution in [3.63, 3.8) is 0 Å². The van der Waals surface area contributed by atoms with Crippen molar-refractivity contribution in [2.75, 3.05) is 26.2 Å². The Balaban J connectivity index is 1.41. The molecule has 2 saturated heterocycles. The van der Waals surface area contributed by atoms with E-state index in [1.54, 1.807) is 4.90 Å². The zero-order chi connectivity index (χ0) is 22.9. The Morgan fingerprint density at radius 3 is 2.56 bits per heavy atom. The maximum Gasteiger partial charge on any atom is 0.309 e. The highest BCUT2D eigenvalue weighted by Crippen LogP contribution is 2.40. The van der Waals surface area contributed by atoms with Gasteiger partial charge in [-0.25, -0.2) is 0 Å². The maximum absolute atomic E-state index is 13.4. The number of esters is 1. The fourth-order valence-electron chi connectivity index (χ4n) is 5.21. The number of piperidine rings is 1. The van der Waals surface area contributed by atoms with Gasteiger partial charge in [-0.2, -0.15) is 0 Å². The lowest BCUT2D eigenvalue weighted by Crippen LogP contribution is -2.53. The van der Waals surface area contributed by atoms with E-state index in [1.807, 2.05) is 6.92 Å². The summed E-state index contributed by atoms with van der Waals surface area (Å²) in [4.78, 5) is 40.9. The summed E-state index contributed by atoms with van der Waals surface area (Å²) in [5.74, 6) is 0.0889. The molecule has 1 saturated carbocycles. The minimum Gasteiger partial charge on any atom is -0.466 e. The van der Waals surface area contributed by atoms with E-state index < -0.39 is 6.04 Å². The van der Waals surface area contributed by atoms with Crippen LogP contribution in [0, 0.1) is 11.8 Å². The van der Waals surface area contributed by atoms with E-state index in [0.29, 0.717) is 25.5 Å². The van der Waals surface area contributed by atoms with Crippen LogP contribution in [0.15, 0.2) is 12.2 Å². The summed E-state index contributed by atoms with van der Waals surface area (Å²) < 4.78 is 5.07. The summed E-state index contributed by atoms with van der Waals surface area (Å²) in [6.07, 6.45) is 15.4. The number of hydrogen-bond acceptors (Lipinski definition) is 5. The van der Waals surface area contributed by atoms with Gasteiger partial charge in [0.1, 0.15) is 6.04 Å². The molecule has 2 aliphatic heterocycles. The third kappa shape index (κ3) is 6.80. The minimum atomic E-state index is -0.430. The lowest BCUT2D eigenvalue weighted by molar-refractivity contribution is -0.145. The maximum atomic E-state index is 13.4. The molecule has 0 unspecified atom stereocenters. The van der Waals surface area contributed by atoms with Crippen molar-refractivity contribution in [3.05, 3.63) is 12.2 Å². The van der Waals surface area contributed by atoms with E-state index in [2.05, 4.69) is 17.1 Å². The van der Waals surface area contributed by atoms with Crippen LogP contribution in [0.1, 0.15) is 77.6 Å². The molecule has 2 amide bonds. The van der Waals surface area contributed by atoms with Crippen LogP contribution in [-0.4, -0.2) is 65.9 Å². The van der Waals surface area contributed by atoms with Crippen LogP contribution < -0.4 is 5.73 Å². The molecule has 2 N–H and O–H groups in total. The number of likely N-dealkylation sites (tertiary alicyclic amines) is 2. The molecule has 0 bridgehead atoms. The first-order valence-corrected chi connectivity index (χ1v) is 12.7. The Hall–Kier alpha value is -1.89. The molecule has 32 heavy (non-hydrogen) atoms. The summed E-state index contributed by atoms with van der Waals surface area (Å²) in [5.41, 5.74) is 5.56. The van der Waals surface area contributed by atoms with Crippen LogP contribution in [0.25, 0.3) is 0 Å². The normalized spacial score (nSPS) is 26.9. The van der Waals surface area contributed by atoms with E-state index in [0.717, 1.165) is 70.9 Å². The van der Waals surface area contributed by atoms with Crippen molar-refractivity contribution in [3.8, 4) is 0 Å². The van der Waals surface area contributed by atoms with Gasteiger partial charge >= 0.3 is 5.97 Å². The van der Waals surface area contributed by atoms with Crippen LogP contribution in [0.4, 0.5) is 0 Å². The number of carbonyl (C=O) groups excluding carboxylic acids is 3. The summed E-state index contributed by atoms with van der Waals surface area (Å²) >= 11 is 0. The van der Waals surface area contributed by atoms with Gasteiger partial charge in [-0.15, -0.1) is 0 Å². The fraction of sp³-hybridized carbons (Fsp3) is 0.800. The Bertz CT molecular complexity index is 674. The van der Waals surface area contributed by atoms with Crippen LogP contribution in [0.2, 0.25) is 0 Å². The molecule has 3 aliphatic rings. The number of amides is 2. The number of nitrogens with zero attached hydrogens (tertiary/aromatic N) is 2. The van der Waals surface area contributed by atoms with E-state index in [4.69, 9.17) is 10.5 Å². The minimum absolute atomic E-state index is 0.0628. The van der Waals surface area contributed by atoms with Gasteiger partial charge in [-0.3, -0.25) is 19.3 Å². The predicted molar refractivity (Wildman–Crippen MR) is 124 cm³/mol. The number of rotatable bonds is 12. The van der Waals surface area contributed by atoms with Crippen molar-refractivity contribution in [2.45, 2.75) is 89.6 Å². The highest BCUT2D eigenvalue weighted by atomic mass is 16.5. The van der Waals surface area contributed by atoms with Crippen molar-refractivity contribution < 1.29 is 19.1 Å². The van der Waals surface area contributed by atoms with Crippen molar-refractivity contribution in [1.29, 1.82) is 0 Å². The summed E-state index contributed by atoms with van der Waals surface area (Å²) in [5, 5.41) is 0. The Labute approximate surface area is 192 Å². The summed E-state index contributed by atoms with van der Waals surface area (Å²) in [6.45, 7) is 4.88. The van der Waals surface area contributed by atoms with E-state index in [1.165, 1.54) is 6.42 Å². The van der Waals surface area contributed by atoms with Gasteiger partial charge in [0.25, 0.3) is 0 Å². The van der Waals surface area contributed by atoms with Crippen LogP contribution in [0.5, 0.6) is 0 Å². The molecular formula is C25H41N3O4. The number of carbonyl (C=O) groups is 3. The van der Waals surface area contributed by atoms with Gasteiger partial charge in [0, 0.05) is 6.54 Å². The molecule has 4 atom stereocenters. The molecule has 180 valence electrons. The first-order chi connectivity index (χ1) is 15.5. The van der Waals surface area contributed by atoms with Crippen LogP contribution >= 0.6 is 0 Å². The number of ether oxygens (including phenoxy) is 1. The fourth-order valence-corrected chi connectivity index (χ4v) is 5.21. The second-order valence-corrected chi connectivity index (χ2v) is 9.53. The van der Waals surface area contributed by atoms with Crippen LogP contribution in [0.3, 0.4) is 0 Å². The van der Waals surface area contributed by atoms with Crippen molar-refractivity contribution in [1.82, 2.24) is 9.80 Å². The molecule has 0 radical (unpaired) electrons. The molecular weight excluding hydrogens is 406 g/mol. The van der Waals surface area contributed by atoms with Crippen LogP contribution in [-0.2, 0) is 19.1 Å². The van der Waals surface area contributed by atoms with Gasteiger partial charge in [0.2, 0.25) is 11.8 Å². The molecule has 0 aromatic heterocycles. The van der Waals surface area contributed by atoms with E-state index >= 15 is 0 Å². The topological polar surface area (TPSA) is 92.9 Å². The number of nitrogens with two attached hydrogens (primary N) is 1. The second-order valence-electron chi connectivity index (χ2n) is 9.53. The monoisotopic (exact) mass is 447 g/mol. The molecule has 1 aliphatic carbocycles. The first kappa shape index (κ1) is 24.7. The van der Waals surface area contributed by atoms with Gasteiger partial charge in [0.15, 0.2) is 0 Å². The largest absolute Gasteiger partial charge is 0.466 e. The second kappa shape index (κ2) is 12.4. The molecule has 2 heterocycles. The van der Waals surface area contributed by atoms with Gasteiger partial charge in [-0.05, 0) is 77.3 Å². The standard InChI is InChI=1S/C25H41N3O4/c1-2-32-25(31)20-18-19(20)12-7-4-3-5-8-13-22(27-15-9-6-10-16-27)24(30)28-17-11-14-21(28)23(26)29/h7,12,19-22H,2-6,8-11,13-18H2,1H3,(H2,26,29)/b12-7-/t19-,20+,21-,22-/m0/s1. The van der Waals surface area contributed by atoms with Gasteiger partial charge < -0.3 is 15.4 Å². The highest BCUT2D eigenvalue weighted by molar-refractivity contribution is 5.89. The number of allylic oxidation sites excluding steroid dienone is 2. The van der Waals surface area contributed by atoms with Gasteiger partial charge in [-0.1, -0.05) is 31.4 Å². The number of unbranched alkanes of at least 4 members (excludes halogenated alkanes) is 3. The van der Waals surface area contributed by atoms with E-state index in [-0.39, 0.29) is 29.7 Å². The first-order valence-electron chi connectivity index (χ1n) is 12.7. The third-order valence-electron chi connectivity index (χ3n) is 7.14. The molecule has 3 fully saturated rings. The SMILES string of the molecule is CCOC(=O)[C@@H]1C[C@@H]1/C=C\CCCCC[C@@H](C(=O)N1CCC[C@H]1C(N)=O)N1CCCCC1. The third-order valence-corrected chi connectivity index (χ3v) is 7.14. The average Bonchev–Trinajstić information content (AvgIpc) is 3.39. The Morgan fingerprint density at radius 2 is 1.84 bits per heavy atom. The van der Waals surface area contributed by atoms with Crippen molar-refractivity contribution >= 4 is 17.8 Å².